The molecule has 126 valence electrons. The van der Waals surface area contributed by atoms with Gasteiger partial charge in [0.05, 0.1) is 12.8 Å². The minimum atomic E-state index is 0.720. The molecule has 0 unspecified atom stereocenters. The first-order valence-electron chi connectivity index (χ1n) is 8.64. The van der Waals surface area contributed by atoms with Gasteiger partial charge in [0.2, 0.25) is 0 Å². The Morgan fingerprint density at radius 3 is 2.46 bits per heavy atom. The smallest absolute Gasteiger partial charge is 0.143 e. The number of methoxy groups -OCH3 is 1. The van der Waals surface area contributed by atoms with Crippen LogP contribution in [0.25, 0.3) is 0 Å². The number of benzene rings is 2. The molecule has 0 N–H and O–H groups in total. The van der Waals surface area contributed by atoms with Crippen molar-refractivity contribution >= 4 is 17.3 Å². The monoisotopic (exact) mass is 342 g/mol. The fourth-order valence-corrected chi connectivity index (χ4v) is 4.01. The number of hydrogen-bond acceptors (Lipinski definition) is 3. The summed E-state index contributed by atoms with van der Waals surface area (Å²) in [7, 11) is 1.71. The molecule has 0 amide bonds. The van der Waals surface area contributed by atoms with Gasteiger partial charge >= 0.3 is 0 Å². The summed E-state index contributed by atoms with van der Waals surface area (Å²) in [5, 5.41) is 0.720. The van der Waals surface area contributed by atoms with Crippen LogP contribution in [0.15, 0.2) is 48.5 Å². The summed E-state index contributed by atoms with van der Waals surface area (Å²) in [6, 6.07) is 17.6. The molecule has 0 bridgehead atoms. The molecule has 2 fully saturated rings. The zero-order valence-electron chi connectivity index (χ0n) is 14.0. The molecule has 2 atom stereocenters. The molecule has 1 aliphatic carbocycles. The number of piperazine rings is 1. The highest BCUT2D eigenvalue weighted by Crippen LogP contribution is 2.45. The highest BCUT2D eigenvalue weighted by Gasteiger charge is 2.43. The number of hydrogen-bond donors (Lipinski definition) is 0. The Balaban J connectivity index is 1.38. The average Bonchev–Trinajstić information content (AvgIpc) is 3.43. The van der Waals surface area contributed by atoms with Gasteiger partial charge in [-0.25, -0.2) is 0 Å². The normalized spacial score (nSPS) is 24.0. The van der Waals surface area contributed by atoms with Crippen LogP contribution in [0.4, 0.5) is 5.69 Å². The van der Waals surface area contributed by atoms with Gasteiger partial charge in [-0.2, -0.15) is 0 Å². The molecule has 2 aromatic rings. The van der Waals surface area contributed by atoms with E-state index in [4.69, 9.17) is 16.3 Å². The molecule has 0 aromatic heterocycles. The third-order valence-corrected chi connectivity index (χ3v) is 5.49. The molecule has 4 rings (SSSR count). The Kier molecular flexibility index (Phi) is 4.38. The van der Waals surface area contributed by atoms with E-state index in [1.165, 1.54) is 12.0 Å². The van der Waals surface area contributed by atoms with Crippen LogP contribution in [0.2, 0.25) is 5.02 Å². The molecule has 1 saturated carbocycles. The Bertz CT molecular complexity index is 698. The minimum Gasteiger partial charge on any atom is -0.495 e. The van der Waals surface area contributed by atoms with Crippen LogP contribution in [0, 0.1) is 0 Å². The molecule has 1 saturated heterocycles. The lowest BCUT2D eigenvalue weighted by Gasteiger charge is -2.37. The molecule has 0 radical (unpaired) electrons. The largest absolute Gasteiger partial charge is 0.495 e. The summed E-state index contributed by atoms with van der Waals surface area (Å²) in [6.45, 7) is 4.30. The summed E-state index contributed by atoms with van der Waals surface area (Å²) in [4.78, 5) is 5.06. The highest BCUT2D eigenvalue weighted by molar-refractivity contribution is 6.30. The molecule has 2 aliphatic rings. The van der Waals surface area contributed by atoms with E-state index in [9.17, 15) is 0 Å². The van der Waals surface area contributed by atoms with Gasteiger partial charge in [-0.3, -0.25) is 4.90 Å². The maximum Gasteiger partial charge on any atom is 0.143 e. The van der Waals surface area contributed by atoms with Crippen LogP contribution < -0.4 is 9.64 Å². The van der Waals surface area contributed by atoms with E-state index in [0.29, 0.717) is 0 Å². The molecule has 24 heavy (non-hydrogen) atoms. The van der Waals surface area contributed by atoms with E-state index < -0.39 is 0 Å². The van der Waals surface area contributed by atoms with Crippen LogP contribution in [0.1, 0.15) is 17.9 Å². The predicted octanol–water partition coefficient (Wildman–Crippen LogP) is 4.03. The topological polar surface area (TPSA) is 15.7 Å². The van der Waals surface area contributed by atoms with Crippen molar-refractivity contribution < 1.29 is 4.74 Å². The zero-order chi connectivity index (χ0) is 16.5. The van der Waals surface area contributed by atoms with Crippen molar-refractivity contribution in [2.45, 2.75) is 18.4 Å². The van der Waals surface area contributed by atoms with Gasteiger partial charge in [-0.05, 0) is 24.1 Å². The quantitative estimate of drug-likeness (QED) is 0.834. The van der Waals surface area contributed by atoms with Crippen molar-refractivity contribution in [2.24, 2.45) is 0 Å². The van der Waals surface area contributed by atoms with Crippen molar-refractivity contribution in [3.63, 3.8) is 0 Å². The van der Waals surface area contributed by atoms with Crippen molar-refractivity contribution in [3.05, 3.63) is 59.1 Å². The Morgan fingerprint density at radius 2 is 1.75 bits per heavy atom. The van der Waals surface area contributed by atoms with E-state index in [2.05, 4.69) is 46.2 Å². The second kappa shape index (κ2) is 6.66. The SMILES string of the molecule is COc1cc(Cl)ccc1N1CCN([C@@H]2C[C@H]2c2ccccc2)CC1. The Morgan fingerprint density at radius 1 is 1.00 bits per heavy atom. The molecule has 3 nitrogen and oxygen atoms in total. The van der Waals surface area contributed by atoms with Crippen LogP contribution in [0.5, 0.6) is 5.75 Å². The fourth-order valence-electron chi connectivity index (χ4n) is 3.85. The van der Waals surface area contributed by atoms with E-state index in [0.717, 1.165) is 54.6 Å². The summed E-state index contributed by atoms with van der Waals surface area (Å²) in [5.41, 5.74) is 2.64. The van der Waals surface area contributed by atoms with Gasteiger partial charge in [0.25, 0.3) is 0 Å². The second-order valence-corrected chi connectivity index (χ2v) is 7.10. The van der Waals surface area contributed by atoms with Gasteiger partial charge in [-0.1, -0.05) is 41.9 Å². The third-order valence-electron chi connectivity index (χ3n) is 5.25. The predicted molar refractivity (Wildman–Crippen MR) is 99.4 cm³/mol. The Labute approximate surface area is 148 Å². The summed E-state index contributed by atoms with van der Waals surface area (Å²) in [5.74, 6) is 1.59. The van der Waals surface area contributed by atoms with E-state index >= 15 is 0 Å². The lowest BCUT2D eigenvalue weighted by molar-refractivity contribution is 0.243. The van der Waals surface area contributed by atoms with Crippen LogP contribution in [-0.2, 0) is 0 Å². The second-order valence-electron chi connectivity index (χ2n) is 6.66. The summed E-state index contributed by atoms with van der Waals surface area (Å²) in [6.07, 6.45) is 1.30. The number of anilines is 1. The first kappa shape index (κ1) is 15.8. The van der Waals surface area contributed by atoms with Gasteiger partial charge in [0.15, 0.2) is 0 Å². The maximum absolute atomic E-state index is 6.08. The minimum absolute atomic E-state index is 0.720. The lowest BCUT2D eigenvalue weighted by atomic mass is 10.1. The number of nitrogens with zero attached hydrogens (tertiary/aromatic N) is 2. The van der Waals surface area contributed by atoms with Crippen LogP contribution in [0.3, 0.4) is 0 Å². The van der Waals surface area contributed by atoms with Gasteiger partial charge < -0.3 is 9.64 Å². The van der Waals surface area contributed by atoms with E-state index in [1.54, 1.807) is 7.11 Å². The van der Waals surface area contributed by atoms with Crippen LogP contribution >= 0.6 is 11.6 Å². The number of halogens is 1. The van der Waals surface area contributed by atoms with Crippen molar-refractivity contribution in [1.82, 2.24) is 4.90 Å². The average molecular weight is 343 g/mol. The Hall–Kier alpha value is -1.71. The number of rotatable bonds is 4. The zero-order valence-corrected chi connectivity index (χ0v) is 14.7. The molecule has 1 aliphatic heterocycles. The third kappa shape index (κ3) is 3.11. The standard InChI is InChI=1S/C20H23ClN2O/c1-24-20-13-16(21)7-8-18(20)22-9-11-23(12-10-22)19-14-17(19)15-5-3-2-4-6-15/h2-8,13,17,19H,9-12,14H2,1H3/t17-,19+/m0/s1. The molecule has 0 spiro atoms. The van der Waals surface area contributed by atoms with E-state index in [1.807, 2.05) is 12.1 Å². The van der Waals surface area contributed by atoms with Gasteiger partial charge in [0.1, 0.15) is 5.75 Å². The first-order chi connectivity index (χ1) is 11.8. The molecular weight excluding hydrogens is 320 g/mol. The van der Waals surface area contributed by atoms with Crippen molar-refractivity contribution in [1.29, 1.82) is 0 Å². The lowest BCUT2D eigenvalue weighted by Crippen LogP contribution is -2.47. The number of ether oxygens (including phenoxy) is 1. The summed E-state index contributed by atoms with van der Waals surface area (Å²) >= 11 is 6.08. The van der Waals surface area contributed by atoms with Crippen LogP contribution in [-0.4, -0.2) is 44.2 Å². The first-order valence-corrected chi connectivity index (χ1v) is 9.01. The molecule has 2 aromatic carbocycles. The van der Waals surface area contributed by atoms with Gasteiger partial charge in [0, 0.05) is 49.2 Å². The van der Waals surface area contributed by atoms with E-state index in [-0.39, 0.29) is 0 Å². The molecule has 4 heteroatoms. The molecule has 1 heterocycles. The van der Waals surface area contributed by atoms with Crippen molar-refractivity contribution in [2.75, 3.05) is 38.2 Å². The maximum atomic E-state index is 6.08. The molecular formula is C20H23ClN2O. The van der Waals surface area contributed by atoms with Crippen molar-refractivity contribution in [3.8, 4) is 5.75 Å². The highest BCUT2D eigenvalue weighted by atomic mass is 35.5. The fraction of sp³-hybridized carbons (Fsp3) is 0.400. The van der Waals surface area contributed by atoms with Gasteiger partial charge in [-0.15, -0.1) is 0 Å². The summed E-state index contributed by atoms with van der Waals surface area (Å²) < 4.78 is 5.50.